The molecule has 3 aromatic carbocycles. The van der Waals surface area contributed by atoms with Crippen LogP contribution in [-0.2, 0) is 26.2 Å². The highest BCUT2D eigenvalue weighted by Gasteiger charge is 2.32. The summed E-state index contributed by atoms with van der Waals surface area (Å²) in [6.07, 6.45) is 0. The zero-order valence-electron chi connectivity index (χ0n) is 24.5. The lowest BCUT2D eigenvalue weighted by molar-refractivity contribution is -0.139. The first-order valence-corrected chi connectivity index (χ1v) is 14.9. The molecule has 0 bridgehead atoms. The second kappa shape index (κ2) is 14.0. The topological polar surface area (TPSA) is 105 Å². The van der Waals surface area contributed by atoms with E-state index in [2.05, 4.69) is 5.32 Å². The number of sulfonamides is 1. The molecule has 220 valence electrons. The van der Waals surface area contributed by atoms with Crippen molar-refractivity contribution in [2.45, 2.75) is 58.1 Å². The van der Waals surface area contributed by atoms with E-state index in [-0.39, 0.29) is 23.4 Å². The molecule has 0 saturated heterocycles. The molecule has 3 rings (SSSR count). The lowest BCUT2D eigenvalue weighted by Crippen LogP contribution is -2.52. The highest BCUT2D eigenvalue weighted by Crippen LogP contribution is 2.27. The maximum atomic E-state index is 14.0. The van der Waals surface area contributed by atoms with Crippen molar-refractivity contribution in [1.82, 2.24) is 10.2 Å². The van der Waals surface area contributed by atoms with Crippen LogP contribution in [0.5, 0.6) is 11.5 Å². The SMILES string of the molecule is CCOc1ccc(N(CC(=O)N(Cc2cccc(OC)c2)[C@@H](C)C(=O)NC(C)C)S(=O)(=O)c2ccc(C)cc2)cc1. The number of methoxy groups -OCH3 is 1. The normalized spacial score (nSPS) is 12.0. The van der Waals surface area contributed by atoms with Gasteiger partial charge in [-0.3, -0.25) is 13.9 Å². The molecule has 0 aromatic heterocycles. The number of carbonyl (C=O) groups is 2. The summed E-state index contributed by atoms with van der Waals surface area (Å²) in [5.41, 5.74) is 1.93. The molecule has 9 nitrogen and oxygen atoms in total. The van der Waals surface area contributed by atoms with E-state index >= 15 is 0 Å². The molecular formula is C31H39N3O6S. The number of aryl methyl sites for hydroxylation is 1. The first-order valence-electron chi connectivity index (χ1n) is 13.5. The molecule has 1 N–H and O–H groups in total. The van der Waals surface area contributed by atoms with Crippen LogP contribution in [-0.4, -0.2) is 57.5 Å². The van der Waals surface area contributed by atoms with Crippen molar-refractivity contribution < 1.29 is 27.5 Å². The summed E-state index contributed by atoms with van der Waals surface area (Å²) >= 11 is 0. The van der Waals surface area contributed by atoms with Gasteiger partial charge in [0.05, 0.1) is 24.3 Å². The fourth-order valence-electron chi connectivity index (χ4n) is 4.20. The Hall–Kier alpha value is -4.05. The zero-order chi connectivity index (χ0) is 30.2. The second-order valence-corrected chi connectivity index (χ2v) is 11.8. The number of carbonyl (C=O) groups excluding carboxylic acids is 2. The number of hydrogen-bond acceptors (Lipinski definition) is 6. The van der Waals surface area contributed by atoms with Gasteiger partial charge in [0, 0.05) is 12.6 Å². The van der Waals surface area contributed by atoms with Crippen LogP contribution >= 0.6 is 0 Å². The van der Waals surface area contributed by atoms with E-state index in [1.54, 1.807) is 68.6 Å². The van der Waals surface area contributed by atoms with Crippen LogP contribution in [0.2, 0.25) is 0 Å². The Morgan fingerprint density at radius 3 is 2.17 bits per heavy atom. The number of amides is 2. The number of nitrogens with one attached hydrogen (secondary N) is 1. The third-order valence-corrected chi connectivity index (χ3v) is 8.20. The summed E-state index contributed by atoms with van der Waals surface area (Å²) in [5, 5.41) is 2.85. The highest BCUT2D eigenvalue weighted by molar-refractivity contribution is 7.92. The molecule has 1 atom stereocenters. The molecular weight excluding hydrogens is 542 g/mol. The molecule has 10 heteroatoms. The fraction of sp³-hybridized carbons (Fsp3) is 0.355. The van der Waals surface area contributed by atoms with Gasteiger partial charge in [0.15, 0.2) is 0 Å². The quantitative estimate of drug-likeness (QED) is 0.318. The first kappa shape index (κ1) is 31.5. The van der Waals surface area contributed by atoms with Crippen LogP contribution < -0.4 is 19.1 Å². The summed E-state index contributed by atoms with van der Waals surface area (Å²) in [6.45, 7) is 9.03. The summed E-state index contributed by atoms with van der Waals surface area (Å²) in [4.78, 5) is 28.5. The standard InChI is InChI=1S/C31H39N3O6S/c1-7-40-27-15-13-26(14-16-27)34(41(37,38)29-17-11-23(4)12-18-29)21-30(35)33(24(5)31(36)32-22(2)3)20-25-9-8-10-28(19-25)39-6/h8-19,22,24H,7,20-21H2,1-6H3,(H,32,36)/t24-/m0/s1. The third-order valence-electron chi connectivity index (χ3n) is 6.41. The molecule has 41 heavy (non-hydrogen) atoms. The van der Waals surface area contributed by atoms with Gasteiger partial charge in [0.2, 0.25) is 11.8 Å². The minimum atomic E-state index is -4.15. The molecule has 0 spiro atoms. The predicted molar refractivity (Wildman–Crippen MR) is 160 cm³/mol. The average Bonchev–Trinajstić information content (AvgIpc) is 2.94. The van der Waals surface area contributed by atoms with Crippen molar-refractivity contribution in [2.75, 3.05) is 24.6 Å². The highest BCUT2D eigenvalue weighted by atomic mass is 32.2. The van der Waals surface area contributed by atoms with Gasteiger partial charge in [-0.2, -0.15) is 0 Å². The molecule has 0 unspecified atom stereocenters. The van der Waals surface area contributed by atoms with Crippen LogP contribution in [0, 0.1) is 6.92 Å². The van der Waals surface area contributed by atoms with Gasteiger partial charge in [-0.25, -0.2) is 8.42 Å². The number of benzene rings is 3. The summed E-state index contributed by atoms with van der Waals surface area (Å²) in [6, 6.07) is 19.1. The van der Waals surface area contributed by atoms with Gasteiger partial charge >= 0.3 is 0 Å². The zero-order valence-corrected chi connectivity index (χ0v) is 25.3. The molecule has 0 aliphatic heterocycles. The van der Waals surface area contributed by atoms with Gasteiger partial charge in [-0.05, 0) is 88.7 Å². The van der Waals surface area contributed by atoms with Gasteiger partial charge in [-0.15, -0.1) is 0 Å². The van der Waals surface area contributed by atoms with Crippen LogP contribution in [0.4, 0.5) is 5.69 Å². The van der Waals surface area contributed by atoms with Gasteiger partial charge < -0.3 is 19.7 Å². The third kappa shape index (κ3) is 8.23. The molecule has 0 heterocycles. The molecule has 0 aliphatic carbocycles. The molecule has 0 saturated carbocycles. The van der Waals surface area contributed by atoms with E-state index in [4.69, 9.17) is 9.47 Å². The molecule has 2 amide bonds. The smallest absolute Gasteiger partial charge is 0.264 e. The predicted octanol–water partition coefficient (Wildman–Crippen LogP) is 4.54. The Balaban J connectivity index is 2.04. The monoisotopic (exact) mass is 581 g/mol. The average molecular weight is 582 g/mol. The van der Waals surface area contributed by atoms with Gasteiger partial charge in [0.25, 0.3) is 10.0 Å². The summed E-state index contributed by atoms with van der Waals surface area (Å²) < 4.78 is 39.8. The minimum Gasteiger partial charge on any atom is -0.497 e. The van der Waals surface area contributed by atoms with Crippen molar-refractivity contribution >= 4 is 27.5 Å². The second-order valence-electron chi connectivity index (χ2n) is 9.96. The van der Waals surface area contributed by atoms with Crippen molar-refractivity contribution in [3.05, 3.63) is 83.9 Å². The molecule has 0 fully saturated rings. The van der Waals surface area contributed by atoms with Crippen LogP contribution in [0.3, 0.4) is 0 Å². The van der Waals surface area contributed by atoms with Crippen molar-refractivity contribution in [2.24, 2.45) is 0 Å². The maximum absolute atomic E-state index is 14.0. The number of anilines is 1. The number of hydrogen-bond donors (Lipinski definition) is 1. The molecule has 0 radical (unpaired) electrons. The van der Waals surface area contributed by atoms with E-state index in [0.717, 1.165) is 15.4 Å². The number of ether oxygens (including phenoxy) is 2. The Kier molecular flexibility index (Phi) is 10.8. The van der Waals surface area contributed by atoms with E-state index < -0.39 is 28.5 Å². The van der Waals surface area contributed by atoms with Crippen molar-refractivity contribution in [1.29, 1.82) is 0 Å². The first-order chi connectivity index (χ1) is 19.5. The fourth-order valence-corrected chi connectivity index (χ4v) is 5.61. The lowest BCUT2D eigenvalue weighted by Gasteiger charge is -2.32. The van der Waals surface area contributed by atoms with Gasteiger partial charge in [0.1, 0.15) is 24.1 Å². The maximum Gasteiger partial charge on any atom is 0.264 e. The molecule has 0 aliphatic rings. The van der Waals surface area contributed by atoms with E-state index in [0.29, 0.717) is 23.8 Å². The van der Waals surface area contributed by atoms with E-state index in [1.165, 1.54) is 17.0 Å². The van der Waals surface area contributed by atoms with E-state index in [9.17, 15) is 18.0 Å². The van der Waals surface area contributed by atoms with Crippen LogP contribution in [0.15, 0.2) is 77.7 Å². The molecule has 3 aromatic rings. The van der Waals surface area contributed by atoms with E-state index in [1.807, 2.05) is 33.8 Å². The van der Waals surface area contributed by atoms with Crippen molar-refractivity contribution in [3.63, 3.8) is 0 Å². The van der Waals surface area contributed by atoms with Gasteiger partial charge in [-0.1, -0.05) is 29.8 Å². The Morgan fingerprint density at radius 1 is 0.927 bits per heavy atom. The van der Waals surface area contributed by atoms with Crippen LogP contribution in [0.25, 0.3) is 0 Å². The van der Waals surface area contributed by atoms with Crippen molar-refractivity contribution in [3.8, 4) is 11.5 Å². The number of nitrogens with zero attached hydrogens (tertiary/aromatic N) is 2. The lowest BCUT2D eigenvalue weighted by atomic mass is 10.1. The summed E-state index contributed by atoms with van der Waals surface area (Å²) in [5.74, 6) is 0.301. The minimum absolute atomic E-state index is 0.0507. The Labute approximate surface area is 243 Å². The number of rotatable bonds is 13. The van der Waals surface area contributed by atoms with Crippen LogP contribution in [0.1, 0.15) is 38.8 Å². The Morgan fingerprint density at radius 2 is 1.59 bits per heavy atom. The Bertz CT molecular complexity index is 1420. The largest absolute Gasteiger partial charge is 0.497 e. The summed E-state index contributed by atoms with van der Waals surface area (Å²) in [7, 11) is -2.60.